The minimum atomic E-state index is -0.541. The van der Waals surface area contributed by atoms with Gasteiger partial charge in [0.2, 0.25) is 0 Å². The van der Waals surface area contributed by atoms with Crippen molar-refractivity contribution in [3.8, 4) is 0 Å². The van der Waals surface area contributed by atoms with Crippen molar-refractivity contribution in [3.05, 3.63) is 63.1 Å². The smallest absolute Gasteiger partial charge is 0.268 e. The first-order valence-electron chi connectivity index (χ1n) is 5.22. The van der Waals surface area contributed by atoms with E-state index in [-0.39, 0.29) is 11.2 Å². The van der Waals surface area contributed by atoms with Crippen LogP contribution in [-0.4, -0.2) is 14.3 Å². The molecule has 0 saturated heterocycles. The van der Waals surface area contributed by atoms with E-state index in [4.69, 9.17) is 0 Å². The van der Waals surface area contributed by atoms with Gasteiger partial charge in [-0.05, 0) is 18.2 Å². The van der Waals surface area contributed by atoms with E-state index in [1.54, 1.807) is 24.3 Å². The minimum Gasteiger partial charge on any atom is -0.268 e. The van der Waals surface area contributed by atoms with E-state index in [1.807, 2.05) is 0 Å². The first-order chi connectivity index (χ1) is 8.66. The predicted octanol–water partition coefficient (Wildman–Crippen LogP) is 1.76. The Balaban J connectivity index is 2.49. The summed E-state index contributed by atoms with van der Waals surface area (Å²) in [6, 6.07) is 9.70. The van der Waals surface area contributed by atoms with E-state index >= 15 is 0 Å². The number of hydrogen-bond acceptors (Lipinski definition) is 4. The van der Waals surface area contributed by atoms with E-state index in [9.17, 15) is 14.9 Å². The monoisotopic (exact) mass is 241 g/mol. The normalized spacial score (nSPS) is 10.9. The molecular weight excluding hydrogens is 234 g/mol. The molecule has 3 aromatic rings. The summed E-state index contributed by atoms with van der Waals surface area (Å²) in [7, 11) is 0. The van der Waals surface area contributed by atoms with Gasteiger partial charge in [-0.1, -0.05) is 12.1 Å². The van der Waals surface area contributed by atoms with Crippen LogP contribution in [0.4, 0.5) is 5.69 Å². The van der Waals surface area contributed by atoms with Crippen molar-refractivity contribution in [2.45, 2.75) is 0 Å². The zero-order valence-electron chi connectivity index (χ0n) is 9.11. The first kappa shape index (κ1) is 10.4. The molecular formula is C12H7N3O3. The van der Waals surface area contributed by atoms with Gasteiger partial charge < -0.3 is 0 Å². The lowest BCUT2D eigenvalue weighted by Gasteiger charge is -2.02. The van der Waals surface area contributed by atoms with Gasteiger partial charge in [-0.25, -0.2) is 4.98 Å². The van der Waals surface area contributed by atoms with Crippen LogP contribution in [0.1, 0.15) is 0 Å². The van der Waals surface area contributed by atoms with Crippen LogP contribution in [0.2, 0.25) is 0 Å². The molecule has 0 saturated carbocycles. The van der Waals surface area contributed by atoms with Crippen LogP contribution in [0.15, 0.2) is 47.4 Å². The largest absolute Gasteiger partial charge is 0.286 e. The molecule has 6 heteroatoms. The zero-order chi connectivity index (χ0) is 12.7. The van der Waals surface area contributed by atoms with Crippen LogP contribution in [0.3, 0.4) is 0 Å². The molecule has 0 atom stereocenters. The SMILES string of the molecule is O=c1c2ccccc2nc2ccc([N+](=O)[O-])cn12. The summed E-state index contributed by atoms with van der Waals surface area (Å²) in [5.41, 5.74) is 0.529. The minimum absolute atomic E-state index is 0.137. The second-order valence-electron chi connectivity index (χ2n) is 3.81. The average molecular weight is 241 g/mol. The Morgan fingerprint density at radius 1 is 1.17 bits per heavy atom. The van der Waals surface area contributed by atoms with Crippen LogP contribution in [-0.2, 0) is 0 Å². The third-order valence-corrected chi connectivity index (χ3v) is 2.71. The maximum absolute atomic E-state index is 12.2. The molecule has 0 amide bonds. The number of nitrogens with zero attached hydrogens (tertiary/aromatic N) is 3. The summed E-state index contributed by atoms with van der Waals surface area (Å²) in [5.74, 6) is 0. The number of para-hydroxylation sites is 1. The lowest BCUT2D eigenvalue weighted by molar-refractivity contribution is -0.385. The lowest BCUT2D eigenvalue weighted by atomic mass is 10.2. The molecule has 0 radical (unpaired) electrons. The molecule has 1 aromatic carbocycles. The molecule has 18 heavy (non-hydrogen) atoms. The predicted molar refractivity (Wildman–Crippen MR) is 65.6 cm³/mol. The molecule has 0 unspecified atom stereocenters. The highest BCUT2D eigenvalue weighted by Gasteiger charge is 2.10. The Morgan fingerprint density at radius 3 is 2.72 bits per heavy atom. The van der Waals surface area contributed by atoms with Crippen molar-refractivity contribution in [1.82, 2.24) is 9.38 Å². The van der Waals surface area contributed by atoms with Gasteiger partial charge in [-0.2, -0.15) is 0 Å². The average Bonchev–Trinajstić information content (AvgIpc) is 2.38. The van der Waals surface area contributed by atoms with Crippen LogP contribution in [0.5, 0.6) is 0 Å². The summed E-state index contributed by atoms with van der Waals surface area (Å²) in [5, 5.41) is 11.1. The summed E-state index contributed by atoms with van der Waals surface area (Å²) in [6.07, 6.45) is 1.19. The van der Waals surface area contributed by atoms with Gasteiger partial charge in [0.1, 0.15) is 5.65 Å². The summed E-state index contributed by atoms with van der Waals surface area (Å²) < 4.78 is 1.19. The number of rotatable bonds is 1. The topological polar surface area (TPSA) is 77.5 Å². The summed E-state index contributed by atoms with van der Waals surface area (Å²) >= 11 is 0. The highest BCUT2D eigenvalue weighted by atomic mass is 16.6. The molecule has 2 heterocycles. The third-order valence-electron chi connectivity index (χ3n) is 2.71. The Morgan fingerprint density at radius 2 is 1.94 bits per heavy atom. The van der Waals surface area contributed by atoms with Crippen molar-refractivity contribution in [1.29, 1.82) is 0 Å². The number of fused-ring (bicyclic) bond motifs is 2. The van der Waals surface area contributed by atoms with Gasteiger partial charge in [0.25, 0.3) is 11.2 Å². The Kier molecular flexibility index (Phi) is 2.09. The number of pyridine rings is 1. The van der Waals surface area contributed by atoms with E-state index in [1.165, 1.54) is 22.7 Å². The third kappa shape index (κ3) is 1.43. The van der Waals surface area contributed by atoms with Gasteiger partial charge in [0, 0.05) is 6.07 Å². The highest BCUT2D eigenvalue weighted by molar-refractivity contribution is 5.79. The standard InChI is InChI=1S/C12H7N3O3/c16-12-9-3-1-2-4-10(9)13-11-6-5-8(15(17)18)7-14(11)12/h1-7H. The second kappa shape index (κ2) is 3.63. The van der Waals surface area contributed by atoms with Crippen molar-refractivity contribution in [3.63, 3.8) is 0 Å². The van der Waals surface area contributed by atoms with E-state index in [0.29, 0.717) is 16.6 Å². The molecule has 0 bridgehead atoms. The maximum Gasteiger partial charge on any atom is 0.286 e. The zero-order valence-corrected chi connectivity index (χ0v) is 9.11. The fraction of sp³-hybridized carbons (Fsp3) is 0. The molecule has 0 aliphatic heterocycles. The molecule has 0 aliphatic carbocycles. The molecule has 0 spiro atoms. The van der Waals surface area contributed by atoms with Crippen LogP contribution in [0, 0.1) is 10.1 Å². The van der Waals surface area contributed by atoms with E-state index in [0.717, 1.165) is 0 Å². The second-order valence-corrected chi connectivity index (χ2v) is 3.81. The molecule has 0 N–H and O–H groups in total. The van der Waals surface area contributed by atoms with E-state index in [2.05, 4.69) is 4.98 Å². The lowest BCUT2D eigenvalue weighted by Crippen LogP contribution is -2.15. The maximum atomic E-state index is 12.2. The Bertz CT molecular complexity index is 839. The van der Waals surface area contributed by atoms with Gasteiger partial charge in [0.05, 0.1) is 22.0 Å². The van der Waals surface area contributed by atoms with Gasteiger partial charge in [-0.3, -0.25) is 19.3 Å². The van der Waals surface area contributed by atoms with Gasteiger partial charge >= 0.3 is 0 Å². The Labute approximate surface area is 100 Å². The fourth-order valence-electron chi connectivity index (χ4n) is 1.85. The van der Waals surface area contributed by atoms with Crippen molar-refractivity contribution in [2.24, 2.45) is 0 Å². The fourth-order valence-corrected chi connectivity index (χ4v) is 1.85. The number of benzene rings is 1. The summed E-state index contributed by atoms with van der Waals surface area (Å²) in [4.78, 5) is 26.6. The molecule has 2 aromatic heterocycles. The number of hydrogen-bond donors (Lipinski definition) is 0. The molecule has 0 fully saturated rings. The summed E-state index contributed by atoms with van der Waals surface area (Å²) in [6.45, 7) is 0. The number of nitro groups is 1. The molecule has 6 nitrogen and oxygen atoms in total. The van der Waals surface area contributed by atoms with Crippen LogP contribution in [0.25, 0.3) is 16.6 Å². The van der Waals surface area contributed by atoms with Crippen LogP contribution < -0.4 is 5.56 Å². The first-order valence-corrected chi connectivity index (χ1v) is 5.22. The highest BCUT2D eigenvalue weighted by Crippen LogP contribution is 2.13. The molecule has 3 rings (SSSR count). The van der Waals surface area contributed by atoms with Gasteiger partial charge in [0.15, 0.2) is 0 Å². The van der Waals surface area contributed by atoms with Crippen molar-refractivity contribution >= 4 is 22.2 Å². The quantitative estimate of drug-likeness (QED) is 0.369. The van der Waals surface area contributed by atoms with Crippen LogP contribution >= 0.6 is 0 Å². The van der Waals surface area contributed by atoms with E-state index < -0.39 is 4.92 Å². The Hall–Kier alpha value is -2.76. The molecule has 0 aliphatic rings. The van der Waals surface area contributed by atoms with Crippen molar-refractivity contribution < 1.29 is 4.92 Å². The number of aromatic nitrogens is 2. The molecule has 88 valence electrons. The van der Waals surface area contributed by atoms with Crippen molar-refractivity contribution in [2.75, 3.05) is 0 Å². The van der Waals surface area contributed by atoms with Gasteiger partial charge in [-0.15, -0.1) is 0 Å².